The Balaban J connectivity index is 1.67. The molecule has 1 aliphatic carbocycles. The predicted octanol–water partition coefficient (Wildman–Crippen LogP) is 1.66. The molecule has 4 heteroatoms. The van der Waals surface area contributed by atoms with Crippen LogP contribution < -0.4 is 0 Å². The van der Waals surface area contributed by atoms with E-state index in [9.17, 15) is 5.11 Å². The van der Waals surface area contributed by atoms with E-state index < -0.39 is 0 Å². The molecule has 0 bridgehead atoms. The molecule has 1 aliphatic heterocycles. The van der Waals surface area contributed by atoms with Crippen molar-refractivity contribution in [3.63, 3.8) is 0 Å². The zero-order valence-electron chi connectivity index (χ0n) is 12.5. The van der Waals surface area contributed by atoms with E-state index in [0.29, 0.717) is 25.2 Å². The van der Waals surface area contributed by atoms with Gasteiger partial charge in [0.05, 0.1) is 31.0 Å². The van der Waals surface area contributed by atoms with Crippen molar-refractivity contribution in [3.8, 4) is 0 Å². The average molecular weight is 271 g/mol. The molecule has 1 heterocycles. The topological polar surface area (TPSA) is 41.9 Å². The Morgan fingerprint density at radius 3 is 2.47 bits per heavy atom. The fourth-order valence-electron chi connectivity index (χ4n) is 3.38. The summed E-state index contributed by atoms with van der Waals surface area (Å²) in [6.07, 6.45) is 4.17. The molecular formula is C15H29NO3. The van der Waals surface area contributed by atoms with Crippen LogP contribution in [0, 0.1) is 5.92 Å². The highest BCUT2D eigenvalue weighted by molar-refractivity contribution is 4.77. The molecule has 1 N–H and O–H groups in total. The number of nitrogens with zero attached hydrogens (tertiary/aromatic N) is 1. The molecule has 0 unspecified atom stereocenters. The average Bonchev–Trinajstić information content (AvgIpc) is 2.71. The number of hydrogen-bond donors (Lipinski definition) is 1. The molecule has 1 saturated heterocycles. The number of hydrogen-bond acceptors (Lipinski definition) is 4. The van der Waals surface area contributed by atoms with Gasteiger partial charge in [0.15, 0.2) is 0 Å². The van der Waals surface area contributed by atoms with Crippen molar-refractivity contribution in [1.29, 1.82) is 0 Å². The van der Waals surface area contributed by atoms with Gasteiger partial charge < -0.3 is 14.6 Å². The van der Waals surface area contributed by atoms with E-state index in [2.05, 4.69) is 25.7 Å². The minimum Gasteiger partial charge on any atom is -0.389 e. The highest BCUT2D eigenvalue weighted by Gasteiger charge is 2.26. The molecule has 0 spiro atoms. The van der Waals surface area contributed by atoms with Gasteiger partial charge in [-0.2, -0.15) is 0 Å². The third-order valence-corrected chi connectivity index (χ3v) is 4.25. The third-order valence-electron chi connectivity index (χ3n) is 4.25. The molecule has 0 aromatic heterocycles. The Morgan fingerprint density at radius 2 is 1.89 bits per heavy atom. The Morgan fingerprint density at radius 1 is 1.21 bits per heavy atom. The summed E-state index contributed by atoms with van der Waals surface area (Å²) in [4.78, 5) is 2.28. The third kappa shape index (κ3) is 4.71. The van der Waals surface area contributed by atoms with Gasteiger partial charge >= 0.3 is 0 Å². The van der Waals surface area contributed by atoms with Crippen LogP contribution in [0.3, 0.4) is 0 Å². The van der Waals surface area contributed by atoms with E-state index in [1.165, 1.54) is 12.8 Å². The number of morpholine rings is 1. The Kier molecular flexibility index (Phi) is 5.63. The summed E-state index contributed by atoms with van der Waals surface area (Å²) in [6.45, 7) is 9.39. The normalized spacial score (nSPS) is 38.5. The van der Waals surface area contributed by atoms with Crippen LogP contribution in [0.25, 0.3) is 0 Å². The van der Waals surface area contributed by atoms with Gasteiger partial charge in [-0.25, -0.2) is 0 Å². The molecule has 5 atom stereocenters. The predicted molar refractivity (Wildman–Crippen MR) is 75.2 cm³/mol. The van der Waals surface area contributed by atoms with E-state index in [1.54, 1.807) is 0 Å². The molecule has 2 rings (SSSR count). The Labute approximate surface area is 117 Å². The van der Waals surface area contributed by atoms with Gasteiger partial charge in [0.1, 0.15) is 0 Å². The molecule has 2 fully saturated rings. The number of aliphatic hydroxyl groups is 1. The van der Waals surface area contributed by atoms with E-state index in [-0.39, 0.29) is 18.3 Å². The van der Waals surface area contributed by atoms with Gasteiger partial charge in [-0.3, -0.25) is 4.90 Å². The summed E-state index contributed by atoms with van der Waals surface area (Å²) in [5.74, 6) is 0.649. The van der Waals surface area contributed by atoms with Gasteiger partial charge in [0.25, 0.3) is 0 Å². The quantitative estimate of drug-likeness (QED) is 0.826. The lowest BCUT2D eigenvalue weighted by molar-refractivity contribution is -0.0872. The van der Waals surface area contributed by atoms with Crippen molar-refractivity contribution >= 4 is 0 Å². The summed E-state index contributed by atoms with van der Waals surface area (Å²) >= 11 is 0. The number of aliphatic hydroxyl groups excluding tert-OH is 1. The number of rotatable bonds is 5. The van der Waals surface area contributed by atoms with Gasteiger partial charge in [-0.05, 0) is 32.6 Å². The molecule has 4 nitrogen and oxygen atoms in total. The molecule has 0 amide bonds. The van der Waals surface area contributed by atoms with E-state index in [1.807, 2.05) is 0 Å². The zero-order valence-corrected chi connectivity index (χ0v) is 12.5. The first-order chi connectivity index (χ1) is 9.04. The van der Waals surface area contributed by atoms with Crippen LogP contribution in [0.4, 0.5) is 0 Å². The van der Waals surface area contributed by atoms with Gasteiger partial charge in [0, 0.05) is 19.6 Å². The van der Waals surface area contributed by atoms with Crippen molar-refractivity contribution in [3.05, 3.63) is 0 Å². The summed E-state index contributed by atoms with van der Waals surface area (Å²) in [7, 11) is 0. The molecule has 0 aromatic carbocycles. The van der Waals surface area contributed by atoms with Crippen LogP contribution in [0.15, 0.2) is 0 Å². The Bertz CT molecular complexity index is 264. The van der Waals surface area contributed by atoms with Crippen LogP contribution in [-0.2, 0) is 9.47 Å². The van der Waals surface area contributed by atoms with Crippen molar-refractivity contribution in [2.75, 3.05) is 26.2 Å². The lowest BCUT2D eigenvalue weighted by Gasteiger charge is -2.36. The van der Waals surface area contributed by atoms with Crippen LogP contribution in [-0.4, -0.2) is 60.7 Å². The van der Waals surface area contributed by atoms with Gasteiger partial charge in [-0.1, -0.05) is 13.3 Å². The molecule has 0 radical (unpaired) electrons. The highest BCUT2D eigenvalue weighted by Crippen LogP contribution is 2.27. The van der Waals surface area contributed by atoms with Crippen molar-refractivity contribution in [1.82, 2.24) is 4.90 Å². The van der Waals surface area contributed by atoms with E-state index in [0.717, 1.165) is 19.5 Å². The molecule has 1 saturated carbocycles. The summed E-state index contributed by atoms with van der Waals surface area (Å²) in [6, 6.07) is 0. The Hall–Kier alpha value is -0.160. The maximum absolute atomic E-state index is 10.1. The van der Waals surface area contributed by atoms with Gasteiger partial charge in [0.2, 0.25) is 0 Å². The first-order valence-corrected chi connectivity index (χ1v) is 7.72. The lowest BCUT2D eigenvalue weighted by atomic mass is 10.1. The van der Waals surface area contributed by atoms with Crippen LogP contribution in [0.2, 0.25) is 0 Å². The minimum atomic E-state index is -0.384. The summed E-state index contributed by atoms with van der Waals surface area (Å²) in [5, 5.41) is 10.1. The minimum absolute atomic E-state index is 0.256. The number of β-amino-alcohol motifs (C(OH)–C–C–N with tert-alkyl or cyclic N) is 1. The SMILES string of the molecule is C[C@@H]1CN(C[C@H](O)CO[C@@H]2CCC[C@H]2C)C[C@H](C)O1. The summed E-state index contributed by atoms with van der Waals surface area (Å²) < 4.78 is 11.6. The van der Waals surface area contributed by atoms with Crippen molar-refractivity contribution in [2.24, 2.45) is 5.92 Å². The molecule has 19 heavy (non-hydrogen) atoms. The summed E-state index contributed by atoms with van der Waals surface area (Å²) in [5.41, 5.74) is 0. The second-order valence-corrected chi connectivity index (χ2v) is 6.41. The molecule has 2 aliphatic rings. The number of ether oxygens (including phenoxy) is 2. The van der Waals surface area contributed by atoms with Crippen LogP contribution in [0.1, 0.15) is 40.0 Å². The monoisotopic (exact) mass is 271 g/mol. The fourth-order valence-corrected chi connectivity index (χ4v) is 3.38. The molecule has 0 aromatic rings. The maximum Gasteiger partial charge on any atom is 0.0900 e. The fraction of sp³-hybridized carbons (Fsp3) is 1.00. The van der Waals surface area contributed by atoms with E-state index in [4.69, 9.17) is 9.47 Å². The maximum atomic E-state index is 10.1. The standard InChI is InChI=1S/C15H29NO3/c1-11-5-4-6-15(11)18-10-14(17)9-16-7-12(2)19-13(3)8-16/h11-15,17H,4-10H2,1-3H3/t11-,12-,13+,14+,15-/m1/s1. The largest absolute Gasteiger partial charge is 0.389 e. The van der Waals surface area contributed by atoms with E-state index >= 15 is 0 Å². The highest BCUT2D eigenvalue weighted by atomic mass is 16.5. The molecular weight excluding hydrogens is 242 g/mol. The van der Waals surface area contributed by atoms with Crippen LogP contribution >= 0.6 is 0 Å². The first-order valence-electron chi connectivity index (χ1n) is 7.72. The van der Waals surface area contributed by atoms with Gasteiger partial charge in [-0.15, -0.1) is 0 Å². The van der Waals surface area contributed by atoms with Crippen molar-refractivity contribution < 1.29 is 14.6 Å². The van der Waals surface area contributed by atoms with Crippen LogP contribution in [0.5, 0.6) is 0 Å². The molecule has 112 valence electrons. The second kappa shape index (κ2) is 7.02. The lowest BCUT2D eigenvalue weighted by Crippen LogP contribution is -2.48. The first kappa shape index (κ1) is 15.2. The smallest absolute Gasteiger partial charge is 0.0900 e. The zero-order chi connectivity index (χ0) is 13.8. The second-order valence-electron chi connectivity index (χ2n) is 6.41. The van der Waals surface area contributed by atoms with Crippen molar-refractivity contribution in [2.45, 2.75) is 64.4 Å².